The standard InChI is InChI=1S/C19H29N5O4/c1-14(23-10-7-20-13-23)11-16(26)24-19(12-15(25)21-24)5-8-22(9-6-19)17(27)28-18(2,3)4/h7,10,13-14H,5-6,8-9,11-12H2,1-4H3,(H,21,25). The Morgan fingerprint density at radius 1 is 1.32 bits per heavy atom. The van der Waals surface area contributed by atoms with Crippen LogP contribution in [-0.2, 0) is 14.3 Å². The molecule has 3 heterocycles. The summed E-state index contributed by atoms with van der Waals surface area (Å²) in [6.07, 6.45) is 6.41. The molecule has 2 aliphatic rings. The van der Waals surface area contributed by atoms with Crippen LogP contribution in [0.1, 0.15) is 59.4 Å². The van der Waals surface area contributed by atoms with Crippen LogP contribution in [0.3, 0.4) is 0 Å². The maximum absolute atomic E-state index is 12.9. The Morgan fingerprint density at radius 2 is 2.00 bits per heavy atom. The summed E-state index contributed by atoms with van der Waals surface area (Å²) in [7, 11) is 0. The van der Waals surface area contributed by atoms with Gasteiger partial charge in [0, 0.05) is 37.9 Å². The molecule has 154 valence electrons. The Hall–Kier alpha value is -2.58. The van der Waals surface area contributed by atoms with Crippen molar-refractivity contribution in [1.29, 1.82) is 0 Å². The second-order valence-corrected chi connectivity index (χ2v) is 8.70. The predicted octanol–water partition coefficient (Wildman–Crippen LogP) is 1.87. The van der Waals surface area contributed by atoms with Crippen molar-refractivity contribution in [3.8, 4) is 0 Å². The fraction of sp³-hybridized carbons (Fsp3) is 0.684. The minimum absolute atomic E-state index is 0.0635. The molecule has 28 heavy (non-hydrogen) atoms. The first-order valence-corrected chi connectivity index (χ1v) is 9.68. The monoisotopic (exact) mass is 391 g/mol. The van der Waals surface area contributed by atoms with E-state index in [9.17, 15) is 14.4 Å². The number of hydrogen-bond acceptors (Lipinski definition) is 5. The molecule has 9 heteroatoms. The van der Waals surface area contributed by atoms with Crippen LogP contribution in [0.25, 0.3) is 0 Å². The molecule has 0 aliphatic carbocycles. The molecule has 1 spiro atoms. The fourth-order valence-corrected chi connectivity index (χ4v) is 3.80. The van der Waals surface area contributed by atoms with Crippen LogP contribution < -0.4 is 5.43 Å². The number of hydrogen-bond donors (Lipinski definition) is 1. The predicted molar refractivity (Wildman–Crippen MR) is 101 cm³/mol. The third kappa shape index (κ3) is 4.28. The lowest BCUT2D eigenvalue weighted by Crippen LogP contribution is -2.58. The van der Waals surface area contributed by atoms with Gasteiger partial charge in [0.25, 0.3) is 0 Å². The molecule has 1 unspecified atom stereocenters. The fourth-order valence-electron chi connectivity index (χ4n) is 3.80. The highest BCUT2D eigenvalue weighted by molar-refractivity contribution is 5.87. The van der Waals surface area contributed by atoms with Gasteiger partial charge in [-0.2, -0.15) is 0 Å². The zero-order valence-electron chi connectivity index (χ0n) is 17.0. The van der Waals surface area contributed by atoms with Crippen molar-refractivity contribution in [1.82, 2.24) is 24.9 Å². The number of nitrogens with one attached hydrogen (secondary N) is 1. The Bertz CT molecular complexity index is 732. The quantitative estimate of drug-likeness (QED) is 0.848. The number of nitrogens with zero attached hydrogens (tertiary/aromatic N) is 4. The molecule has 9 nitrogen and oxygen atoms in total. The number of carbonyl (C=O) groups excluding carboxylic acids is 3. The van der Waals surface area contributed by atoms with E-state index in [1.807, 2.05) is 38.5 Å². The van der Waals surface area contributed by atoms with Gasteiger partial charge in [0.05, 0.1) is 18.3 Å². The van der Waals surface area contributed by atoms with Gasteiger partial charge in [-0.3, -0.25) is 15.0 Å². The molecule has 0 radical (unpaired) electrons. The summed E-state index contributed by atoms with van der Waals surface area (Å²) in [5.74, 6) is -0.285. The van der Waals surface area contributed by atoms with E-state index in [0.29, 0.717) is 25.9 Å². The molecule has 0 bridgehead atoms. The van der Waals surface area contributed by atoms with Crippen molar-refractivity contribution < 1.29 is 19.1 Å². The van der Waals surface area contributed by atoms with Crippen molar-refractivity contribution >= 4 is 17.9 Å². The van der Waals surface area contributed by atoms with Crippen LogP contribution in [0.15, 0.2) is 18.7 Å². The summed E-state index contributed by atoms with van der Waals surface area (Å²) in [6.45, 7) is 8.33. The van der Waals surface area contributed by atoms with Crippen LogP contribution >= 0.6 is 0 Å². The molecule has 3 amide bonds. The molecule has 3 rings (SSSR count). The van der Waals surface area contributed by atoms with E-state index in [4.69, 9.17) is 4.74 Å². The average molecular weight is 391 g/mol. The molecule has 1 N–H and O–H groups in total. The van der Waals surface area contributed by atoms with Crippen LogP contribution in [0.2, 0.25) is 0 Å². The number of piperidine rings is 1. The molecule has 2 aliphatic heterocycles. The third-order valence-electron chi connectivity index (χ3n) is 5.30. The molecular weight excluding hydrogens is 362 g/mol. The maximum atomic E-state index is 12.9. The molecule has 0 saturated carbocycles. The lowest BCUT2D eigenvalue weighted by Gasteiger charge is -2.43. The first kappa shape index (κ1) is 20.2. The second kappa shape index (κ2) is 7.44. The number of hydrazine groups is 1. The molecular formula is C19H29N5O4. The largest absolute Gasteiger partial charge is 0.444 e. The van der Waals surface area contributed by atoms with Crippen molar-refractivity contribution in [3.05, 3.63) is 18.7 Å². The van der Waals surface area contributed by atoms with Gasteiger partial charge in [-0.1, -0.05) is 0 Å². The number of ether oxygens (including phenoxy) is 1. The van der Waals surface area contributed by atoms with Gasteiger partial charge in [-0.25, -0.2) is 14.8 Å². The minimum atomic E-state index is -0.582. The second-order valence-electron chi connectivity index (χ2n) is 8.70. The van der Waals surface area contributed by atoms with Crippen molar-refractivity contribution in [2.75, 3.05) is 13.1 Å². The third-order valence-corrected chi connectivity index (χ3v) is 5.30. The van der Waals surface area contributed by atoms with Gasteiger partial charge < -0.3 is 14.2 Å². The van der Waals surface area contributed by atoms with Crippen LogP contribution in [0, 0.1) is 0 Å². The van der Waals surface area contributed by atoms with Crippen molar-refractivity contribution in [2.24, 2.45) is 0 Å². The summed E-state index contributed by atoms with van der Waals surface area (Å²) in [6, 6.07) is -0.0635. The van der Waals surface area contributed by atoms with E-state index in [-0.39, 0.29) is 36.8 Å². The first-order valence-electron chi connectivity index (χ1n) is 9.68. The van der Waals surface area contributed by atoms with Gasteiger partial charge in [0.2, 0.25) is 11.8 Å². The lowest BCUT2D eigenvalue weighted by molar-refractivity contribution is -0.143. The molecule has 1 aromatic heterocycles. The SMILES string of the molecule is CC(CC(=O)N1NC(=O)CC12CCN(C(=O)OC(C)(C)C)CC2)n1ccnc1. The highest BCUT2D eigenvalue weighted by Gasteiger charge is 2.50. The number of carbonyl (C=O) groups is 3. The van der Waals surface area contributed by atoms with Gasteiger partial charge in [-0.15, -0.1) is 0 Å². The molecule has 2 fully saturated rings. The number of likely N-dealkylation sites (tertiary alicyclic amines) is 1. The summed E-state index contributed by atoms with van der Waals surface area (Å²) in [5.41, 5.74) is 1.60. The van der Waals surface area contributed by atoms with E-state index < -0.39 is 11.1 Å². The summed E-state index contributed by atoms with van der Waals surface area (Å²) in [4.78, 5) is 43.0. The average Bonchev–Trinajstić information content (AvgIpc) is 3.22. The molecule has 2 saturated heterocycles. The van der Waals surface area contributed by atoms with Gasteiger partial charge in [0.15, 0.2) is 0 Å². The minimum Gasteiger partial charge on any atom is -0.444 e. The smallest absolute Gasteiger partial charge is 0.410 e. The number of rotatable bonds is 3. The van der Waals surface area contributed by atoms with Crippen LogP contribution in [0.4, 0.5) is 4.79 Å². The van der Waals surface area contributed by atoms with Crippen molar-refractivity contribution in [2.45, 2.75) is 70.6 Å². The summed E-state index contributed by atoms with van der Waals surface area (Å²) >= 11 is 0. The van der Waals surface area contributed by atoms with Gasteiger partial charge in [0.1, 0.15) is 5.60 Å². The van der Waals surface area contributed by atoms with Crippen molar-refractivity contribution in [3.63, 3.8) is 0 Å². The van der Waals surface area contributed by atoms with Crippen LogP contribution in [-0.4, -0.2) is 61.6 Å². The highest BCUT2D eigenvalue weighted by Crippen LogP contribution is 2.36. The van der Waals surface area contributed by atoms with E-state index in [1.165, 1.54) is 5.01 Å². The zero-order chi connectivity index (χ0) is 20.5. The maximum Gasteiger partial charge on any atom is 0.410 e. The molecule has 0 aromatic carbocycles. The number of aromatic nitrogens is 2. The van der Waals surface area contributed by atoms with Gasteiger partial charge in [-0.05, 0) is 40.5 Å². The highest BCUT2D eigenvalue weighted by atomic mass is 16.6. The topological polar surface area (TPSA) is 96.8 Å². The lowest BCUT2D eigenvalue weighted by atomic mass is 9.84. The molecule has 1 aromatic rings. The van der Waals surface area contributed by atoms with E-state index >= 15 is 0 Å². The van der Waals surface area contributed by atoms with E-state index in [1.54, 1.807) is 17.4 Å². The zero-order valence-corrected chi connectivity index (χ0v) is 17.0. The summed E-state index contributed by atoms with van der Waals surface area (Å²) < 4.78 is 7.30. The van der Waals surface area contributed by atoms with Crippen LogP contribution in [0.5, 0.6) is 0 Å². The first-order chi connectivity index (χ1) is 13.1. The molecule has 1 atom stereocenters. The van der Waals surface area contributed by atoms with E-state index in [2.05, 4.69) is 10.4 Å². The number of imidazole rings is 1. The van der Waals surface area contributed by atoms with E-state index in [0.717, 1.165) is 0 Å². The Labute approximate surface area is 165 Å². The summed E-state index contributed by atoms with van der Waals surface area (Å²) in [5, 5.41) is 1.51. The normalized spacial score (nSPS) is 20.2. The number of amides is 3. The Morgan fingerprint density at radius 3 is 2.57 bits per heavy atom. The van der Waals surface area contributed by atoms with Gasteiger partial charge >= 0.3 is 6.09 Å². The Balaban J connectivity index is 1.64. The Kier molecular flexibility index (Phi) is 5.36.